The lowest BCUT2D eigenvalue weighted by Crippen LogP contribution is -2.49. The summed E-state index contributed by atoms with van der Waals surface area (Å²) in [4.78, 5) is 2.12. The smallest absolute Gasteiger partial charge is 0.0609 e. The van der Waals surface area contributed by atoms with E-state index in [0.717, 1.165) is 19.4 Å². The maximum atomic E-state index is 9.41. The minimum absolute atomic E-state index is 0.0596. The Hall–Kier alpha value is -0.120. The molecule has 0 saturated heterocycles. The first-order valence-corrected chi connectivity index (χ1v) is 5.74. The van der Waals surface area contributed by atoms with Gasteiger partial charge in [0.05, 0.1) is 6.61 Å². The molecule has 0 aromatic heterocycles. The average molecular weight is 217 g/mol. The van der Waals surface area contributed by atoms with Crippen molar-refractivity contribution in [3.8, 4) is 0 Å². The van der Waals surface area contributed by atoms with E-state index >= 15 is 0 Å². The summed E-state index contributed by atoms with van der Waals surface area (Å²) < 4.78 is 0. The third-order valence-electron chi connectivity index (χ3n) is 3.27. The summed E-state index contributed by atoms with van der Waals surface area (Å²) in [6, 6.07) is 0. The van der Waals surface area contributed by atoms with E-state index in [-0.39, 0.29) is 24.2 Å². The molecule has 0 aromatic carbocycles. The van der Waals surface area contributed by atoms with Crippen LogP contribution in [0.2, 0.25) is 0 Å². The van der Waals surface area contributed by atoms with Gasteiger partial charge in [-0.25, -0.2) is 0 Å². The summed E-state index contributed by atoms with van der Waals surface area (Å²) in [5, 5.41) is 18.7. The number of nitrogens with zero attached hydrogens (tertiary/aromatic N) is 1. The first kappa shape index (κ1) is 14.9. The zero-order valence-electron chi connectivity index (χ0n) is 10.9. The minimum atomic E-state index is -0.218. The maximum Gasteiger partial charge on any atom is 0.0609 e. The normalized spacial score (nSPS) is 16.8. The second kappa shape index (κ2) is 5.83. The Balaban J connectivity index is 4.41. The van der Waals surface area contributed by atoms with Crippen LogP contribution in [-0.2, 0) is 0 Å². The Morgan fingerprint density at radius 3 is 1.93 bits per heavy atom. The van der Waals surface area contributed by atoms with Crippen LogP contribution < -0.4 is 0 Å². The van der Waals surface area contributed by atoms with Crippen LogP contribution in [0, 0.1) is 5.41 Å². The van der Waals surface area contributed by atoms with E-state index < -0.39 is 0 Å². The van der Waals surface area contributed by atoms with E-state index in [2.05, 4.69) is 18.7 Å². The molecule has 0 aliphatic heterocycles. The van der Waals surface area contributed by atoms with Gasteiger partial charge in [-0.3, -0.25) is 4.90 Å². The largest absolute Gasteiger partial charge is 0.396 e. The summed E-state index contributed by atoms with van der Waals surface area (Å²) >= 11 is 0. The van der Waals surface area contributed by atoms with Crippen LogP contribution in [-0.4, -0.2) is 47.5 Å². The number of hydrogen-bond donors (Lipinski definition) is 2. The summed E-state index contributed by atoms with van der Waals surface area (Å²) in [6.45, 7) is 9.40. The summed E-state index contributed by atoms with van der Waals surface area (Å²) in [7, 11) is 2.00. The predicted molar refractivity (Wildman–Crippen MR) is 63.9 cm³/mol. The molecule has 1 unspecified atom stereocenters. The summed E-state index contributed by atoms with van der Waals surface area (Å²) in [5.41, 5.74) is -0.278. The number of aliphatic hydroxyl groups excluding tert-OH is 2. The molecule has 15 heavy (non-hydrogen) atoms. The molecule has 0 spiro atoms. The van der Waals surface area contributed by atoms with Gasteiger partial charge in [-0.1, -0.05) is 20.3 Å². The molecule has 1 atom stereocenters. The molecule has 0 rings (SSSR count). The Morgan fingerprint density at radius 2 is 1.60 bits per heavy atom. The van der Waals surface area contributed by atoms with Gasteiger partial charge < -0.3 is 10.2 Å². The quantitative estimate of drug-likeness (QED) is 0.679. The molecular formula is C12H27NO2. The van der Waals surface area contributed by atoms with Crippen molar-refractivity contribution in [2.24, 2.45) is 5.41 Å². The molecule has 0 aliphatic rings. The maximum absolute atomic E-state index is 9.41. The van der Waals surface area contributed by atoms with Gasteiger partial charge >= 0.3 is 0 Å². The number of likely N-dealkylation sites (N-methyl/N-ethyl adjacent to an activating group) is 1. The average Bonchev–Trinajstić information content (AvgIpc) is 2.18. The molecule has 2 N–H and O–H groups in total. The van der Waals surface area contributed by atoms with E-state index in [9.17, 15) is 10.2 Å². The molecule has 0 radical (unpaired) electrons. The highest BCUT2D eigenvalue weighted by Crippen LogP contribution is 2.26. The Morgan fingerprint density at radius 1 is 1.07 bits per heavy atom. The molecule has 0 amide bonds. The molecule has 0 bridgehead atoms. The summed E-state index contributed by atoms with van der Waals surface area (Å²) in [5.74, 6) is 0. The Labute approximate surface area is 94.1 Å². The Kier molecular flexibility index (Phi) is 5.78. The van der Waals surface area contributed by atoms with Gasteiger partial charge in [0, 0.05) is 24.1 Å². The van der Waals surface area contributed by atoms with Gasteiger partial charge in [-0.05, 0) is 27.3 Å². The van der Waals surface area contributed by atoms with Crippen LogP contribution in [0.1, 0.15) is 40.5 Å². The zero-order chi connectivity index (χ0) is 12.1. The lowest BCUT2D eigenvalue weighted by molar-refractivity contribution is 0.0198. The van der Waals surface area contributed by atoms with Crippen molar-refractivity contribution in [1.82, 2.24) is 4.90 Å². The molecule has 3 heteroatoms. The van der Waals surface area contributed by atoms with Gasteiger partial charge in [0.15, 0.2) is 0 Å². The van der Waals surface area contributed by atoms with Crippen LogP contribution >= 0.6 is 0 Å². The SMILES string of the molecule is CCCC(C)(CO)CN(C)C(C)(C)CO. The molecule has 0 fully saturated rings. The molecule has 0 saturated carbocycles. The second-order valence-corrected chi connectivity index (χ2v) is 5.55. The van der Waals surface area contributed by atoms with Crippen molar-refractivity contribution in [3.63, 3.8) is 0 Å². The second-order valence-electron chi connectivity index (χ2n) is 5.55. The van der Waals surface area contributed by atoms with Crippen LogP contribution in [0.25, 0.3) is 0 Å². The van der Waals surface area contributed by atoms with Crippen LogP contribution in [0.4, 0.5) is 0 Å². The van der Waals surface area contributed by atoms with Crippen LogP contribution in [0.5, 0.6) is 0 Å². The van der Waals surface area contributed by atoms with Gasteiger partial charge in [0.1, 0.15) is 0 Å². The fourth-order valence-corrected chi connectivity index (χ4v) is 1.72. The minimum Gasteiger partial charge on any atom is -0.396 e. The summed E-state index contributed by atoms with van der Waals surface area (Å²) in [6.07, 6.45) is 2.08. The van der Waals surface area contributed by atoms with Crippen LogP contribution in [0.15, 0.2) is 0 Å². The molecule has 92 valence electrons. The van der Waals surface area contributed by atoms with Gasteiger partial charge in [0.25, 0.3) is 0 Å². The fourth-order valence-electron chi connectivity index (χ4n) is 1.72. The van der Waals surface area contributed by atoms with E-state index in [0.29, 0.717) is 0 Å². The zero-order valence-corrected chi connectivity index (χ0v) is 10.9. The van der Waals surface area contributed by atoms with E-state index in [1.54, 1.807) is 0 Å². The standard InChI is InChI=1S/C12H27NO2/c1-6-7-12(4,10-15)8-13(5)11(2,3)9-14/h14-15H,6-10H2,1-5H3. The van der Waals surface area contributed by atoms with Gasteiger partial charge in [0.2, 0.25) is 0 Å². The van der Waals surface area contributed by atoms with Crippen molar-refractivity contribution >= 4 is 0 Å². The molecule has 3 nitrogen and oxygen atoms in total. The first-order valence-electron chi connectivity index (χ1n) is 5.74. The van der Waals surface area contributed by atoms with E-state index in [1.807, 2.05) is 20.9 Å². The first-order chi connectivity index (χ1) is 6.81. The van der Waals surface area contributed by atoms with Gasteiger partial charge in [-0.2, -0.15) is 0 Å². The number of hydrogen-bond acceptors (Lipinski definition) is 3. The molecule has 0 aliphatic carbocycles. The monoisotopic (exact) mass is 217 g/mol. The number of aliphatic hydroxyl groups is 2. The third-order valence-corrected chi connectivity index (χ3v) is 3.27. The lowest BCUT2D eigenvalue weighted by Gasteiger charge is -2.40. The van der Waals surface area contributed by atoms with Crippen LogP contribution in [0.3, 0.4) is 0 Å². The molecule has 0 heterocycles. The third kappa shape index (κ3) is 4.49. The fraction of sp³-hybridized carbons (Fsp3) is 1.00. The Bertz CT molecular complexity index is 182. The number of rotatable bonds is 7. The molecule has 0 aromatic rings. The highest BCUT2D eigenvalue weighted by atomic mass is 16.3. The van der Waals surface area contributed by atoms with Crippen molar-refractivity contribution in [2.75, 3.05) is 26.8 Å². The topological polar surface area (TPSA) is 43.7 Å². The van der Waals surface area contributed by atoms with Crippen molar-refractivity contribution < 1.29 is 10.2 Å². The van der Waals surface area contributed by atoms with E-state index in [1.165, 1.54) is 0 Å². The highest BCUT2D eigenvalue weighted by molar-refractivity contribution is 4.84. The van der Waals surface area contributed by atoms with Crippen molar-refractivity contribution in [2.45, 2.75) is 46.1 Å². The van der Waals surface area contributed by atoms with Crippen molar-refractivity contribution in [3.05, 3.63) is 0 Å². The highest BCUT2D eigenvalue weighted by Gasteiger charge is 2.30. The predicted octanol–water partition coefficient (Wildman–Crippen LogP) is 1.49. The van der Waals surface area contributed by atoms with Gasteiger partial charge in [-0.15, -0.1) is 0 Å². The lowest BCUT2D eigenvalue weighted by atomic mass is 9.85. The van der Waals surface area contributed by atoms with Crippen molar-refractivity contribution in [1.29, 1.82) is 0 Å². The molecular weight excluding hydrogens is 190 g/mol. The van der Waals surface area contributed by atoms with E-state index in [4.69, 9.17) is 0 Å².